The summed E-state index contributed by atoms with van der Waals surface area (Å²) in [4.78, 5) is 13.5. The van der Waals surface area contributed by atoms with E-state index in [1.807, 2.05) is 13.1 Å². The Morgan fingerprint density at radius 3 is 2.65 bits per heavy atom. The summed E-state index contributed by atoms with van der Waals surface area (Å²) in [7, 11) is 1.89. The first kappa shape index (κ1) is 13.5. The van der Waals surface area contributed by atoms with E-state index >= 15 is 0 Å². The summed E-state index contributed by atoms with van der Waals surface area (Å²) in [6.07, 6.45) is 8.64. The number of aromatic nitrogens is 3. The Morgan fingerprint density at radius 1 is 1.15 bits per heavy atom. The molecule has 0 radical (unpaired) electrons. The quantitative estimate of drug-likeness (QED) is 0.922. The van der Waals surface area contributed by atoms with Crippen LogP contribution in [-0.2, 0) is 0 Å². The van der Waals surface area contributed by atoms with E-state index in [1.165, 1.54) is 25.7 Å². The van der Waals surface area contributed by atoms with Gasteiger partial charge in [-0.3, -0.25) is 4.98 Å². The van der Waals surface area contributed by atoms with Gasteiger partial charge >= 0.3 is 0 Å². The predicted molar refractivity (Wildman–Crippen MR) is 83.7 cm³/mol. The molecule has 2 aromatic heterocycles. The van der Waals surface area contributed by atoms with Crippen LogP contribution in [0, 0.1) is 0 Å². The molecule has 1 saturated carbocycles. The van der Waals surface area contributed by atoms with Gasteiger partial charge in [0.2, 0.25) is 0 Å². The summed E-state index contributed by atoms with van der Waals surface area (Å²) in [5.41, 5.74) is 2.09. The lowest BCUT2D eigenvalue weighted by molar-refractivity contribution is 0.696. The van der Waals surface area contributed by atoms with Crippen molar-refractivity contribution in [3.8, 4) is 11.4 Å². The van der Waals surface area contributed by atoms with Gasteiger partial charge in [-0.15, -0.1) is 0 Å². The molecule has 1 aliphatic carbocycles. The molecule has 2 aromatic rings. The largest absolute Gasteiger partial charge is 0.373 e. The van der Waals surface area contributed by atoms with Crippen molar-refractivity contribution >= 4 is 21.7 Å². The SMILES string of the molecule is CNc1cc(C2CCCC2)nc(-c2cncc(Br)c2)n1. The van der Waals surface area contributed by atoms with E-state index in [4.69, 9.17) is 4.98 Å². The van der Waals surface area contributed by atoms with Crippen molar-refractivity contribution in [3.63, 3.8) is 0 Å². The van der Waals surface area contributed by atoms with Gasteiger partial charge in [-0.05, 0) is 34.8 Å². The van der Waals surface area contributed by atoms with Crippen molar-refractivity contribution in [1.29, 1.82) is 0 Å². The maximum absolute atomic E-state index is 4.76. The Bertz CT molecular complexity index is 609. The first-order valence-electron chi connectivity index (χ1n) is 6.94. The number of hydrogen-bond acceptors (Lipinski definition) is 4. The van der Waals surface area contributed by atoms with Crippen LogP contribution in [0.25, 0.3) is 11.4 Å². The predicted octanol–water partition coefficient (Wildman–Crippen LogP) is 4.00. The van der Waals surface area contributed by atoms with Crippen molar-refractivity contribution in [1.82, 2.24) is 15.0 Å². The lowest BCUT2D eigenvalue weighted by Crippen LogP contribution is -2.04. The normalized spacial score (nSPS) is 15.5. The van der Waals surface area contributed by atoms with Crippen LogP contribution in [0.15, 0.2) is 29.0 Å². The lowest BCUT2D eigenvalue weighted by Gasteiger charge is -2.12. The maximum Gasteiger partial charge on any atom is 0.163 e. The molecular weight excluding hydrogens is 316 g/mol. The summed E-state index contributed by atoms with van der Waals surface area (Å²) < 4.78 is 0.941. The molecule has 5 heteroatoms. The van der Waals surface area contributed by atoms with Gasteiger partial charge in [-0.1, -0.05) is 12.8 Å². The summed E-state index contributed by atoms with van der Waals surface area (Å²) in [5.74, 6) is 2.19. The molecule has 0 atom stereocenters. The number of nitrogens with one attached hydrogen (secondary N) is 1. The number of pyridine rings is 1. The molecule has 0 aromatic carbocycles. The van der Waals surface area contributed by atoms with E-state index in [0.717, 1.165) is 27.4 Å². The Balaban J connectivity index is 2.03. The highest BCUT2D eigenvalue weighted by Gasteiger charge is 2.20. The van der Waals surface area contributed by atoms with Gasteiger partial charge < -0.3 is 5.32 Å². The molecule has 4 nitrogen and oxygen atoms in total. The second kappa shape index (κ2) is 5.87. The van der Waals surface area contributed by atoms with Gasteiger partial charge in [0.15, 0.2) is 5.82 Å². The number of halogens is 1. The van der Waals surface area contributed by atoms with Gasteiger partial charge in [0.05, 0.1) is 0 Å². The fourth-order valence-corrected chi connectivity index (χ4v) is 3.05. The molecule has 3 rings (SSSR count). The minimum atomic E-state index is 0.573. The van der Waals surface area contributed by atoms with Gasteiger partial charge in [0.25, 0.3) is 0 Å². The molecule has 0 spiro atoms. The van der Waals surface area contributed by atoms with Crippen LogP contribution >= 0.6 is 15.9 Å². The first-order valence-corrected chi connectivity index (χ1v) is 7.73. The summed E-state index contributed by atoms with van der Waals surface area (Å²) in [6.45, 7) is 0. The molecule has 1 fully saturated rings. The second-order valence-corrected chi connectivity index (χ2v) is 6.04. The first-order chi connectivity index (χ1) is 9.76. The number of anilines is 1. The lowest BCUT2D eigenvalue weighted by atomic mass is 10.0. The average molecular weight is 333 g/mol. The van der Waals surface area contributed by atoms with Gasteiger partial charge in [0.1, 0.15) is 5.82 Å². The van der Waals surface area contributed by atoms with Gasteiger partial charge in [-0.25, -0.2) is 9.97 Å². The van der Waals surface area contributed by atoms with Crippen molar-refractivity contribution < 1.29 is 0 Å². The van der Waals surface area contributed by atoms with Crippen LogP contribution in [0.1, 0.15) is 37.3 Å². The van der Waals surface area contributed by atoms with Gasteiger partial charge in [0, 0.05) is 47.2 Å². The molecule has 2 heterocycles. The van der Waals surface area contributed by atoms with Crippen molar-refractivity contribution in [2.45, 2.75) is 31.6 Å². The summed E-state index contributed by atoms with van der Waals surface area (Å²) >= 11 is 3.45. The molecule has 1 aliphatic rings. The third kappa shape index (κ3) is 2.82. The Hall–Kier alpha value is -1.49. The standard InChI is InChI=1S/C15H17BrN4/c1-17-14-7-13(10-4-2-3-5-10)19-15(20-14)11-6-12(16)9-18-8-11/h6-10H,2-5H2,1H3,(H,17,19,20). The molecule has 20 heavy (non-hydrogen) atoms. The zero-order chi connectivity index (χ0) is 13.9. The van der Waals surface area contributed by atoms with Crippen LogP contribution in [0.4, 0.5) is 5.82 Å². The van der Waals surface area contributed by atoms with E-state index in [1.54, 1.807) is 12.4 Å². The van der Waals surface area contributed by atoms with Crippen LogP contribution < -0.4 is 5.32 Å². The summed E-state index contributed by atoms with van der Waals surface area (Å²) in [6, 6.07) is 4.07. The van der Waals surface area contributed by atoms with E-state index in [9.17, 15) is 0 Å². The topological polar surface area (TPSA) is 50.7 Å². The summed E-state index contributed by atoms with van der Waals surface area (Å²) in [5, 5.41) is 3.13. The van der Waals surface area contributed by atoms with Crippen LogP contribution in [0.3, 0.4) is 0 Å². The van der Waals surface area contributed by atoms with Crippen LogP contribution in [-0.4, -0.2) is 22.0 Å². The fraction of sp³-hybridized carbons (Fsp3) is 0.400. The third-order valence-electron chi connectivity index (χ3n) is 3.74. The van der Waals surface area contributed by atoms with Crippen LogP contribution in [0.2, 0.25) is 0 Å². The van der Waals surface area contributed by atoms with Crippen molar-refractivity contribution in [3.05, 3.63) is 34.7 Å². The monoisotopic (exact) mass is 332 g/mol. The van der Waals surface area contributed by atoms with Crippen LogP contribution in [0.5, 0.6) is 0 Å². The van der Waals surface area contributed by atoms with E-state index in [2.05, 4.69) is 37.3 Å². The minimum Gasteiger partial charge on any atom is -0.373 e. The van der Waals surface area contributed by atoms with E-state index in [-0.39, 0.29) is 0 Å². The van der Waals surface area contributed by atoms with Gasteiger partial charge in [-0.2, -0.15) is 0 Å². The molecule has 1 N–H and O–H groups in total. The molecule has 0 amide bonds. The molecule has 0 unspecified atom stereocenters. The number of rotatable bonds is 3. The second-order valence-electron chi connectivity index (χ2n) is 5.12. The minimum absolute atomic E-state index is 0.573. The average Bonchev–Trinajstić information content (AvgIpc) is 3.01. The zero-order valence-electron chi connectivity index (χ0n) is 11.4. The van der Waals surface area contributed by atoms with Crippen molar-refractivity contribution in [2.75, 3.05) is 12.4 Å². The molecular formula is C15H17BrN4. The van der Waals surface area contributed by atoms with Crippen molar-refractivity contribution in [2.24, 2.45) is 0 Å². The highest BCUT2D eigenvalue weighted by Crippen LogP contribution is 2.34. The zero-order valence-corrected chi connectivity index (χ0v) is 13.0. The van der Waals surface area contributed by atoms with E-state index in [0.29, 0.717) is 5.92 Å². The molecule has 0 aliphatic heterocycles. The molecule has 0 bridgehead atoms. The maximum atomic E-state index is 4.76. The van der Waals surface area contributed by atoms with E-state index < -0.39 is 0 Å². The fourth-order valence-electron chi connectivity index (χ4n) is 2.69. The smallest absolute Gasteiger partial charge is 0.163 e. The molecule has 104 valence electrons. The molecule has 0 saturated heterocycles. The number of hydrogen-bond donors (Lipinski definition) is 1. The Labute approximate surface area is 127 Å². The highest BCUT2D eigenvalue weighted by atomic mass is 79.9. The third-order valence-corrected chi connectivity index (χ3v) is 4.17. The highest BCUT2D eigenvalue weighted by molar-refractivity contribution is 9.10. The Morgan fingerprint density at radius 2 is 1.95 bits per heavy atom. The number of nitrogens with zero attached hydrogens (tertiary/aromatic N) is 3. The Kier molecular flexibility index (Phi) is 3.96.